The molecule has 2 aromatic carbocycles. The SMILES string of the molecule is C#CCn1c(=NC(=O)c2ccc(S(=O)(=O)N(C)C3CC3)cc2)sc2c(OC)ccc(OC)c21. The van der Waals surface area contributed by atoms with Crippen molar-refractivity contribution in [1.29, 1.82) is 0 Å². The number of carbonyl (C=O) groups excluding carboxylic acids is 1. The highest BCUT2D eigenvalue weighted by Crippen LogP contribution is 2.35. The first-order valence-corrected chi connectivity index (χ1v) is 12.4. The Morgan fingerprint density at radius 3 is 2.39 bits per heavy atom. The van der Waals surface area contributed by atoms with Crippen LogP contribution in [0.15, 0.2) is 46.3 Å². The number of carbonyl (C=O) groups is 1. The van der Waals surface area contributed by atoms with Crippen LogP contribution in [0.2, 0.25) is 0 Å². The number of hydrogen-bond donors (Lipinski definition) is 0. The van der Waals surface area contributed by atoms with Crippen LogP contribution in [-0.2, 0) is 16.6 Å². The number of hydrogen-bond acceptors (Lipinski definition) is 6. The number of benzene rings is 2. The predicted molar refractivity (Wildman–Crippen MR) is 126 cm³/mol. The summed E-state index contributed by atoms with van der Waals surface area (Å²) in [4.78, 5) is 17.7. The quantitative estimate of drug-likeness (QED) is 0.480. The second-order valence-electron chi connectivity index (χ2n) is 7.52. The van der Waals surface area contributed by atoms with Crippen LogP contribution in [0.4, 0.5) is 0 Å². The van der Waals surface area contributed by atoms with Gasteiger partial charge in [0.15, 0.2) is 4.80 Å². The van der Waals surface area contributed by atoms with Gasteiger partial charge in [-0.25, -0.2) is 8.42 Å². The van der Waals surface area contributed by atoms with Crippen molar-refractivity contribution in [2.45, 2.75) is 30.3 Å². The molecule has 0 unspecified atom stereocenters. The van der Waals surface area contributed by atoms with Crippen LogP contribution in [0.25, 0.3) is 10.2 Å². The van der Waals surface area contributed by atoms with E-state index in [4.69, 9.17) is 15.9 Å². The number of nitrogens with zero attached hydrogens (tertiary/aromatic N) is 3. The third kappa shape index (κ3) is 4.27. The highest BCUT2D eigenvalue weighted by Gasteiger charge is 2.35. The maximum absolute atomic E-state index is 12.9. The highest BCUT2D eigenvalue weighted by molar-refractivity contribution is 7.89. The van der Waals surface area contributed by atoms with Crippen molar-refractivity contribution < 1.29 is 22.7 Å². The molecule has 0 radical (unpaired) electrons. The lowest BCUT2D eigenvalue weighted by Gasteiger charge is -2.16. The van der Waals surface area contributed by atoms with Gasteiger partial charge in [-0.1, -0.05) is 17.3 Å². The lowest BCUT2D eigenvalue weighted by molar-refractivity contribution is 0.0997. The van der Waals surface area contributed by atoms with E-state index in [-0.39, 0.29) is 23.0 Å². The molecule has 0 saturated heterocycles. The van der Waals surface area contributed by atoms with Crippen LogP contribution in [0, 0.1) is 12.3 Å². The lowest BCUT2D eigenvalue weighted by Crippen LogP contribution is -2.28. The van der Waals surface area contributed by atoms with E-state index >= 15 is 0 Å². The maximum Gasteiger partial charge on any atom is 0.279 e. The number of aromatic nitrogens is 1. The molecule has 3 aromatic rings. The molecule has 33 heavy (non-hydrogen) atoms. The van der Waals surface area contributed by atoms with Crippen molar-refractivity contribution in [2.75, 3.05) is 21.3 Å². The van der Waals surface area contributed by atoms with Gasteiger partial charge in [-0.15, -0.1) is 6.42 Å². The van der Waals surface area contributed by atoms with E-state index in [2.05, 4.69) is 10.9 Å². The number of methoxy groups -OCH3 is 2. The Hall–Kier alpha value is -3.13. The third-order valence-corrected chi connectivity index (χ3v) is 8.50. The van der Waals surface area contributed by atoms with E-state index < -0.39 is 15.9 Å². The van der Waals surface area contributed by atoms with Gasteiger partial charge in [0.1, 0.15) is 21.7 Å². The molecule has 4 rings (SSSR count). The Morgan fingerprint density at radius 1 is 1.18 bits per heavy atom. The van der Waals surface area contributed by atoms with Gasteiger partial charge in [0.05, 0.1) is 25.7 Å². The second kappa shape index (κ2) is 9.02. The van der Waals surface area contributed by atoms with E-state index in [0.29, 0.717) is 21.8 Å². The van der Waals surface area contributed by atoms with Crippen molar-refractivity contribution in [1.82, 2.24) is 8.87 Å². The Kier molecular flexibility index (Phi) is 6.30. The van der Waals surface area contributed by atoms with Gasteiger partial charge in [-0.3, -0.25) is 4.79 Å². The van der Waals surface area contributed by atoms with Gasteiger partial charge < -0.3 is 14.0 Å². The fraction of sp³-hybridized carbons (Fsp3) is 0.304. The summed E-state index contributed by atoms with van der Waals surface area (Å²) in [6, 6.07) is 9.41. The van der Waals surface area contributed by atoms with Crippen LogP contribution in [0.5, 0.6) is 11.5 Å². The normalized spacial score (nSPS) is 14.5. The average molecular weight is 486 g/mol. The zero-order valence-corrected chi connectivity index (χ0v) is 20.1. The average Bonchev–Trinajstić information content (AvgIpc) is 3.61. The molecule has 1 fully saturated rings. The molecule has 1 aromatic heterocycles. The molecule has 10 heteroatoms. The first-order valence-electron chi connectivity index (χ1n) is 10.2. The molecule has 172 valence electrons. The summed E-state index contributed by atoms with van der Waals surface area (Å²) >= 11 is 1.26. The van der Waals surface area contributed by atoms with Crippen molar-refractivity contribution in [2.24, 2.45) is 4.99 Å². The molecule has 1 aliphatic carbocycles. The van der Waals surface area contributed by atoms with Crippen LogP contribution in [0.3, 0.4) is 0 Å². The Labute approximate surface area is 196 Å². The van der Waals surface area contributed by atoms with Crippen molar-refractivity contribution in [3.05, 3.63) is 46.8 Å². The number of sulfonamides is 1. The van der Waals surface area contributed by atoms with Crippen molar-refractivity contribution >= 4 is 37.5 Å². The fourth-order valence-corrected chi connectivity index (χ4v) is 6.05. The number of thiazole rings is 1. The third-order valence-electron chi connectivity index (χ3n) is 5.48. The zero-order chi connectivity index (χ0) is 23.8. The summed E-state index contributed by atoms with van der Waals surface area (Å²) in [7, 11) is 1.11. The summed E-state index contributed by atoms with van der Waals surface area (Å²) in [5.41, 5.74) is 0.961. The molecule has 1 amide bonds. The number of rotatable bonds is 7. The van der Waals surface area contributed by atoms with Crippen molar-refractivity contribution in [3.8, 4) is 23.8 Å². The van der Waals surface area contributed by atoms with Crippen molar-refractivity contribution in [3.63, 3.8) is 0 Å². The van der Waals surface area contributed by atoms with Gasteiger partial charge in [0.2, 0.25) is 10.0 Å². The Balaban J connectivity index is 1.74. The predicted octanol–water partition coefficient (Wildman–Crippen LogP) is 2.88. The fourth-order valence-electron chi connectivity index (χ4n) is 3.50. The van der Waals surface area contributed by atoms with Crippen LogP contribution in [0.1, 0.15) is 23.2 Å². The van der Waals surface area contributed by atoms with E-state index in [0.717, 1.165) is 17.5 Å². The van der Waals surface area contributed by atoms with E-state index in [1.165, 1.54) is 39.9 Å². The summed E-state index contributed by atoms with van der Waals surface area (Å²) in [5, 5.41) is 0. The summed E-state index contributed by atoms with van der Waals surface area (Å²) in [6.07, 6.45) is 7.30. The van der Waals surface area contributed by atoms with Crippen LogP contribution >= 0.6 is 11.3 Å². The van der Waals surface area contributed by atoms with E-state index in [1.807, 2.05) is 0 Å². The van der Waals surface area contributed by atoms with Gasteiger partial charge in [-0.05, 0) is 49.2 Å². The van der Waals surface area contributed by atoms with Crippen LogP contribution < -0.4 is 14.3 Å². The molecular formula is C23H23N3O5S2. The monoisotopic (exact) mass is 485 g/mol. The molecule has 0 bridgehead atoms. The second-order valence-corrected chi connectivity index (χ2v) is 10.5. The zero-order valence-electron chi connectivity index (χ0n) is 18.4. The topological polar surface area (TPSA) is 90.2 Å². The van der Waals surface area contributed by atoms with Gasteiger partial charge in [-0.2, -0.15) is 9.30 Å². The molecule has 1 aliphatic rings. The first-order chi connectivity index (χ1) is 15.8. The molecular weight excluding hydrogens is 462 g/mol. The molecule has 0 atom stereocenters. The molecule has 1 heterocycles. The number of terminal acetylenes is 1. The number of ether oxygens (including phenoxy) is 2. The Bertz CT molecular complexity index is 1430. The largest absolute Gasteiger partial charge is 0.495 e. The molecule has 0 aliphatic heterocycles. The highest BCUT2D eigenvalue weighted by atomic mass is 32.2. The van der Waals surface area contributed by atoms with Gasteiger partial charge in [0, 0.05) is 18.7 Å². The maximum atomic E-state index is 12.9. The number of amides is 1. The summed E-state index contributed by atoms with van der Waals surface area (Å²) < 4.78 is 40.2. The van der Waals surface area contributed by atoms with Gasteiger partial charge in [0.25, 0.3) is 5.91 Å². The van der Waals surface area contributed by atoms with Crippen LogP contribution in [-0.4, -0.2) is 50.5 Å². The minimum atomic E-state index is -3.58. The smallest absolute Gasteiger partial charge is 0.279 e. The van der Waals surface area contributed by atoms with E-state index in [1.54, 1.807) is 38.0 Å². The minimum absolute atomic E-state index is 0.0554. The molecule has 8 nitrogen and oxygen atoms in total. The molecule has 1 saturated carbocycles. The first kappa shape index (κ1) is 23.0. The van der Waals surface area contributed by atoms with E-state index in [9.17, 15) is 13.2 Å². The lowest BCUT2D eigenvalue weighted by atomic mass is 10.2. The number of fused-ring (bicyclic) bond motifs is 1. The summed E-state index contributed by atoms with van der Waals surface area (Å²) in [5.74, 6) is 3.27. The Morgan fingerprint density at radius 2 is 1.82 bits per heavy atom. The molecule has 0 spiro atoms. The van der Waals surface area contributed by atoms with Gasteiger partial charge >= 0.3 is 0 Å². The minimum Gasteiger partial charge on any atom is -0.495 e. The molecule has 0 N–H and O–H groups in total. The summed E-state index contributed by atoms with van der Waals surface area (Å²) in [6.45, 7) is 0.181. The standard InChI is InChI=1S/C23H23N3O5S2/c1-5-14-26-20-18(30-3)12-13-19(31-4)21(20)32-23(26)24-22(27)15-6-10-17(11-7-15)33(28,29)25(2)16-8-9-16/h1,6-7,10-13,16H,8-9,14H2,2-4H3.